The lowest BCUT2D eigenvalue weighted by atomic mass is 10.0. The van der Waals surface area contributed by atoms with Crippen molar-refractivity contribution >= 4 is 25.8 Å². The van der Waals surface area contributed by atoms with E-state index >= 15 is 0 Å². The normalized spacial score (nSPS) is 12.2. The quantitative estimate of drug-likeness (QED) is 0.313. The molecule has 164 valence electrons. The van der Waals surface area contributed by atoms with E-state index in [4.69, 9.17) is 0 Å². The molecule has 0 fully saturated rings. The van der Waals surface area contributed by atoms with Crippen LogP contribution in [0, 0.1) is 0 Å². The standard InChI is InChI=1S/C23H16BrF3N2O2S/c1-32(30,31)18-6-4-5-16(13-18)15-9-11-17(12-10-15)29-14-21(24)28-22(29)19-7-2-3-8-20(19)23(25,26)27/h2-14H,1H3. The third kappa shape index (κ3) is 4.49. The Morgan fingerprint density at radius 2 is 1.59 bits per heavy atom. The van der Waals surface area contributed by atoms with Gasteiger partial charge in [-0.2, -0.15) is 13.2 Å². The van der Waals surface area contributed by atoms with E-state index in [0.29, 0.717) is 15.9 Å². The van der Waals surface area contributed by atoms with E-state index in [1.807, 2.05) is 0 Å². The molecule has 0 aliphatic rings. The molecule has 0 saturated carbocycles. The number of halogens is 4. The zero-order valence-electron chi connectivity index (χ0n) is 16.6. The second kappa shape index (κ2) is 8.22. The van der Waals surface area contributed by atoms with Crippen LogP contribution in [0.3, 0.4) is 0 Å². The molecule has 0 saturated heterocycles. The molecule has 4 rings (SSSR count). The first-order chi connectivity index (χ1) is 15.0. The minimum atomic E-state index is -4.52. The molecule has 1 heterocycles. The van der Waals surface area contributed by atoms with Gasteiger partial charge in [-0.1, -0.05) is 42.5 Å². The summed E-state index contributed by atoms with van der Waals surface area (Å²) in [5.74, 6) is 0.150. The maximum atomic E-state index is 13.5. The summed E-state index contributed by atoms with van der Waals surface area (Å²) in [6, 6.07) is 18.9. The number of aromatic nitrogens is 2. The van der Waals surface area contributed by atoms with Crippen LogP contribution in [0.1, 0.15) is 5.56 Å². The predicted octanol–water partition coefficient (Wildman–Crippen LogP) is 6.39. The maximum Gasteiger partial charge on any atom is 0.417 e. The molecule has 4 nitrogen and oxygen atoms in total. The van der Waals surface area contributed by atoms with Gasteiger partial charge in [0.2, 0.25) is 0 Å². The number of rotatable bonds is 4. The molecule has 0 radical (unpaired) electrons. The highest BCUT2D eigenvalue weighted by molar-refractivity contribution is 9.10. The minimum Gasteiger partial charge on any atom is -0.299 e. The molecule has 0 unspecified atom stereocenters. The fourth-order valence-corrected chi connectivity index (χ4v) is 4.42. The maximum absolute atomic E-state index is 13.5. The van der Waals surface area contributed by atoms with Crippen LogP contribution in [-0.2, 0) is 16.0 Å². The van der Waals surface area contributed by atoms with E-state index < -0.39 is 21.6 Å². The lowest BCUT2D eigenvalue weighted by molar-refractivity contribution is -0.137. The molecule has 9 heteroatoms. The van der Waals surface area contributed by atoms with Crippen molar-refractivity contribution in [3.63, 3.8) is 0 Å². The Hall–Kier alpha value is -2.91. The highest BCUT2D eigenvalue weighted by atomic mass is 79.9. The van der Waals surface area contributed by atoms with Gasteiger partial charge in [0, 0.05) is 23.7 Å². The third-order valence-electron chi connectivity index (χ3n) is 4.89. The molecule has 0 atom stereocenters. The van der Waals surface area contributed by atoms with Crippen molar-refractivity contribution in [3.8, 4) is 28.2 Å². The van der Waals surface area contributed by atoms with Crippen LogP contribution in [0.25, 0.3) is 28.2 Å². The third-order valence-corrected chi connectivity index (χ3v) is 6.38. The van der Waals surface area contributed by atoms with Crippen LogP contribution in [-0.4, -0.2) is 24.2 Å². The lowest BCUT2D eigenvalue weighted by Crippen LogP contribution is -2.08. The monoisotopic (exact) mass is 520 g/mol. The van der Waals surface area contributed by atoms with Crippen LogP contribution in [0.15, 0.2) is 88.5 Å². The van der Waals surface area contributed by atoms with Crippen molar-refractivity contribution < 1.29 is 21.6 Å². The number of imidazole rings is 1. The van der Waals surface area contributed by atoms with Crippen LogP contribution < -0.4 is 0 Å². The van der Waals surface area contributed by atoms with Crippen molar-refractivity contribution in [1.29, 1.82) is 0 Å². The molecule has 0 spiro atoms. The Balaban J connectivity index is 1.77. The average Bonchev–Trinajstić information content (AvgIpc) is 3.14. The predicted molar refractivity (Wildman–Crippen MR) is 120 cm³/mol. The van der Waals surface area contributed by atoms with Gasteiger partial charge in [-0.25, -0.2) is 13.4 Å². The van der Waals surface area contributed by atoms with Gasteiger partial charge in [0.15, 0.2) is 9.84 Å². The molecule has 0 aliphatic heterocycles. The lowest BCUT2D eigenvalue weighted by Gasteiger charge is -2.14. The Morgan fingerprint density at radius 1 is 0.906 bits per heavy atom. The van der Waals surface area contributed by atoms with E-state index in [1.54, 1.807) is 53.2 Å². The molecule has 0 bridgehead atoms. The topological polar surface area (TPSA) is 52.0 Å². The van der Waals surface area contributed by atoms with E-state index in [9.17, 15) is 21.6 Å². The second-order valence-electron chi connectivity index (χ2n) is 7.15. The van der Waals surface area contributed by atoms with Crippen LogP contribution in [0.4, 0.5) is 13.2 Å². The van der Waals surface area contributed by atoms with Gasteiger partial charge in [-0.3, -0.25) is 4.57 Å². The molecule has 4 aromatic rings. The molecule has 3 aromatic carbocycles. The second-order valence-corrected chi connectivity index (χ2v) is 9.98. The first-order valence-corrected chi connectivity index (χ1v) is 12.0. The average molecular weight is 521 g/mol. The molecule has 32 heavy (non-hydrogen) atoms. The zero-order chi connectivity index (χ0) is 23.1. The highest BCUT2D eigenvalue weighted by Crippen LogP contribution is 2.38. The summed E-state index contributed by atoms with van der Waals surface area (Å²) in [6.07, 6.45) is -1.78. The summed E-state index contributed by atoms with van der Waals surface area (Å²) in [5, 5.41) is 0. The first kappa shape index (κ1) is 22.3. The highest BCUT2D eigenvalue weighted by Gasteiger charge is 2.34. The minimum absolute atomic E-state index is 0.0318. The number of alkyl halides is 3. The zero-order valence-corrected chi connectivity index (χ0v) is 19.0. The molecule has 1 aromatic heterocycles. The Bertz CT molecular complexity index is 1400. The summed E-state index contributed by atoms with van der Waals surface area (Å²) >= 11 is 3.26. The summed E-state index contributed by atoms with van der Waals surface area (Å²) in [5.41, 5.74) is 1.30. The Kier molecular flexibility index (Phi) is 5.72. The van der Waals surface area contributed by atoms with E-state index in [-0.39, 0.29) is 16.3 Å². The number of sulfone groups is 1. The van der Waals surface area contributed by atoms with Crippen LogP contribution >= 0.6 is 15.9 Å². The van der Waals surface area contributed by atoms with Gasteiger partial charge in [-0.15, -0.1) is 0 Å². The van der Waals surface area contributed by atoms with Gasteiger partial charge in [0.25, 0.3) is 0 Å². The summed E-state index contributed by atoms with van der Waals surface area (Å²) < 4.78 is 66.3. The van der Waals surface area contributed by atoms with Gasteiger partial charge < -0.3 is 0 Å². The van der Waals surface area contributed by atoms with Gasteiger partial charge >= 0.3 is 6.18 Å². The number of benzene rings is 3. The van der Waals surface area contributed by atoms with Gasteiger partial charge in [-0.05, 0) is 57.4 Å². The van der Waals surface area contributed by atoms with Gasteiger partial charge in [0.1, 0.15) is 10.4 Å². The smallest absolute Gasteiger partial charge is 0.299 e. The van der Waals surface area contributed by atoms with Crippen molar-refractivity contribution in [1.82, 2.24) is 9.55 Å². The van der Waals surface area contributed by atoms with E-state index in [1.165, 1.54) is 24.3 Å². The molecular formula is C23H16BrF3N2O2S. The molecule has 0 aliphatic carbocycles. The summed E-state index contributed by atoms with van der Waals surface area (Å²) in [6.45, 7) is 0. The van der Waals surface area contributed by atoms with Crippen molar-refractivity contribution in [2.24, 2.45) is 0 Å². The number of hydrogen-bond donors (Lipinski definition) is 0. The fraction of sp³-hybridized carbons (Fsp3) is 0.0870. The van der Waals surface area contributed by atoms with Crippen molar-refractivity contribution in [2.45, 2.75) is 11.1 Å². The fourth-order valence-electron chi connectivity index (χ4n) is 3.38. The number of hydrogen-bond acceptors (Lipinski definition) is 3. The van der Waals surface area contributed by atoms with Gasteiger partial charge in [0.05, 0.1) is 10.5 Å². The Labute approximate surface area is 191 Å². The van der Waals surface area contributed by atoms with Crippen LogP contribution in [0.2, 0.25) is 0 Å². The first-order valence-electron chi connectivity index (χ1n) is 9.36. The molecule has 0 amide bonds. The molecule has 0 N–H and O–H groups in total. The van der Waals surface area contributed by atoms with Crippen molar-refractivity contribution in [3.05, 3.63) is 89.2 Å². The van der Waals surface area contributed by atoms with E-state index in [2.05, 4.69) is 20.9 Å². The van der Waals surface area contributed by atoms with E-state index in [0.717, 1.165) is 17.9 Å². The largest absolute Gasteiger partial charge is 0.417 e. The number of nitrogens with zero attached hydrogens (tertiary/aromatic N) is 2. The summed E-state index contributed by atoms with van der Waals surface area (Å²) in [4.78, 5) is 4.48. The SMILES string of the molecule is CS(=O)(=O)c1cccc(-c2ccc(-n3cc(Br)nc3-c3ccccc3C(F)(F)F)cc2)c1. The molecular weight excluding hydrogens is 505 g/mol. The Morgan fingerprint density at radius 3 is 2.25 bits per heavy atom. The summed E-state index contributed by atoms with van der Waals surface area (Å²) in [7, 11) is -3.34. The van der Waals surface area contributed by atoms with Crippen LogP contribution in [0.5, 0.6) is 0 Å². The van der Waals surface area contributed by atoms with Crippen molar-refractivity contribution in [2.75, 3.05) is 6.26 Å².